The highest BCUT2D eigenvalue weighted by Gasteiger charge is 2.36. The summed E-state index contributed by atoms with van der Waals surface area (Å²) in [4.78, 5) is 0. The summed E-state index contributed by atoms with van der Waals surface area (Å²) < 4.78 is 27.2. The van der Waals surface area contributed by atoms with Crippen molar-refractivity contribution >= 4 is 18.3 Å². The Hall–Kier alpha value is -1.07. The molecule has 0 N–H and O–H groups in total. The molecule has 1 aromatic carbocycles. The van der Waals surface area contributed by atoms with Gasteiger partial charge in [-0.15, -0.1) is 5.70 Å². The van der Waals surface area contributed by atoms with Crippen LogP contribution in [0, 0.1) is 0 Å². The van der Waals surface area contributed by atoms with Gasteiger partial charge in [-0.05, 0) is 58.4 Å². The molecule has 0 heterocycles. The summed E-state index contributed by atoms with van der Waals surface area (Å²) >= 11 is 0. The number of hydrogen-bond acceptors (Lipinski definition) is 5. The molecule has 0 amide bonds. The lowest BCUT2D eigenvalue weighted by Gasteiger charge is -2.24. The van der Waals surface area contributed by atoms with E-state index in [4.69, 9.17) is 22.8 Å². The molecule has 0 fully saturated rings. The van der Waals surface area contributed by atoms with Crippen LogP contribution < -0.4 is 0 Å². The Bertz CT molecular complexity index is 517. The van der Waals surface area contributed by atoms with E-state index in [1.54, 1.807) is 5.70 Å². The van der Waals surface area contributed by atoms with Crippen molar-refractivity contribution in [1.29, 1.82) is 0 Å². The molecule has 0 aliphatic rings. The van der Waals surface area contributed by atoms with Crippen LogP contribution in [0.25, 0.3) is 0 Å². The highest BCUT2D eigenvalue weighted by molar-refractivity contribution is 6.66. The predicted molar refractivity (Wildman–Crippen MR) is 131 cm³/mol. The minimum atomic E-state index is -2.51. The third-order valence-electron chi connectivity index (χ3n) is 3.92. The second-order valence-electron chi connectivity index (χ2n) is 6.19. The molecule has 0 bridgehead atoms. The zero-order valence-corrected chi connectivity index (χ0v) is 22.0. The van der Waals surface area contributed by atoms with Crippen LogP contribution in [0.2, 0.25) is 6.04 Å². The number of rotatable bonds is 16. The van der Waals surface area contributed by atoms with Gasteiger partial charge in [0.15, 0.2) is 6.29 Å². The minimum Gasteiger partial charge on any atom is -0.371 e. The van der Waals surface area contributed by atoms with Gasteiger partial charge < -0.3 is 22.8 Å². The average Bonchev–Trinajstić information content (AvgIpc) is 2.75. The Morgan fingerprint density at radius 3 is 1.83 bits per heavy atom. The van der Waals surface area contributed by atoms with E-state index in [0.717, 1.165) is 0 Å². The van der Waals surface area contributed by atoms with E-state index in [1.165, 1.54) is 18.0 Å². The Morgan fingerprint density at radius 1 is 0.867 bits per heavy atom. The van der Waals surface area contributed by atoms with Gasteiger partial charge in [-0.1, -0.05) is 43.0 Å². The van der Waals surface area contributed by atoms with E-state index in [2.05, 4.69) is 48.7 Å². The lowest BCUT2D eigenvalue weighted by Crippen LogP contribution is -2.44. The zero-order valence-electron chi connectivity index (χ0n) is 19.6. The Labute approximate surface area is 187 Å². The van der Waals surface area contributed by atoms with Crippen LogP contribution in [0.4, 0.5) is 0 Å². The van der Waals surface area contributed by atoms with Crippen molar-refractivity contribution in [2.75, 3.05) is 33.0 Å². The first-order valence-electron chi connectivity index (χ1n) is 11.1. The molecule has 172 valence electrons. The molecule has 0 saturated heterocycles. The van der Waals surface area contributed by atoms with Crippen LogP contribution in [-0.4, -0.2) is 57.6 Å². The Morgan fingerprint density at radius 2 is 1.40 bits per heavy atom. The predicted octanol–water partition coefficient (Wildman–Crippen LogP) is 4.49. The Balaban J connectivity index is 0.000000612. The summed E-state index contributed by atoms with van der Waals surface area (Å²) in [5.74, 6) is 0. The Kier molecular flexibility index (Phi) is 19.2. The summed E-state index contributed by atoms with van der Waals surface area (Å²) in [5.41, 5.74) is 5.40. The van der Waals surface area contributed by atoms with E-state index in [-0.39, 0.29) is 15.8 Å². The summed E-state index contributed by atoms with van der Waals surface area (Å²) in [6.45, 7) is 16.6. The first kappa shape index (κ1) is 28.9. The first-order chi connectivity index (χ1) is 14.6. The number of hydrogen-bond donors (Lipinski definition) is 0. The molecule has 30 heavy (non-hydrogen) atoms. The van der Waals surface area contributed by atoms with Crippen LogP contribution in [0.3, 0.4) is 0 Å². The maximum absolute atomic E-state index is 5.46. The molecule has 0 aromatic heterocycles. The first-order valence-corrected chi connectivity index (χ1v) is 14.7. The molecule has 0 atom stereocenters. The van der Waals surface area contributed by atoms with E-state index >= 15 is 0 Å². The average molecular weight is 455 g/mol. The van der Waals surface area contributed by atoms with Crippen LogP contribution >= 0.6 is 0 Å². The normalized spacial score (nSPS) is 11.9. The highest BCUT2D eigenvalue weighted by atomic mass is 28.4. The van der Waals surface area contributed by atoms with Gasteiger partial charge in [0, 0.05) is 42.6 Å². The maximum Gasteiger partial charge on any atom is 0.528 e. The molecule has 5 nitrogen and oxygen atoms in total. The molecule has 0 saturated carbocycles. The lowest BCUT2D eigenvalue weighted by atomic mass is 10.2. The highest BCUT2D eigenvalue weighted by Crippen LogP contribution is 2.10. The molecular formula is C23H42O5Si2. The van der Waals surface area contributed by atoms with Gasteiger partial charge >= 0.3 is 8.80 Å². The van der Waals surface area contributed by atoms with Crippen molar-refractivity contribution in [3.05, 3.63) is 59.9 Å². The maximum atomic E-state index is 5.46. The molecule has 1 rings (SSSR count). The number of benzene rings is 1. The van der Waals surface area contributed by atoms with E-state index in [9.17, 15) is 0 Å². The quantitative estimate of drug-likeness (QED) is 0.209. The summed E-state index contributed by atoms with van der Waals surface area (Å²) in [5, 5.41) is 0. The van der Waals surface area contributed by atoms with Crippen molar-refractivity contribution in [3.63, 3.8) is 0 Å². The van der Waals surface area contributed by atoms with E-state index in [1.807, 2.05) is 34.6 Å². The molecule has 0 aliphatic heterocycles. The molecule has 0 radical (unpaired) electrons. The van der Waals surface area contributed by atoms with Gasteiger partial charge in [0.25, 0.3) is 0 Å². The molecule has 0 unspecified atom stereocenters. The number of ether oxygens (including phenoxy) is 2. The molecule has 7 heteroatoms. The van der Waals surface area contributed by atoms with Crippen LogP contribution in [0.1, 0.15) is 40.2 Å². The van der Waals surface area contributed by atoms with Gasteiger partial charge in [-0.3, -0.25) is 0 Å². The van der Waals surface area contributed by atoms with E-state index < -0.39 is 8.80 Å². The van der Waals surface area contributed by atoms with Gasteiger partial charge in [-0.2, -0.15) is 0 Å². The molecule has 0 spiro atoms. The fourth-order valence-corrected chi connectivity index (χ4v) is 5.74. The smallest absolute Gasteiger partial charge is 0.371 e. The molecular weight excluding hydrogens is 412 g/mol. The third-order valence-corrected chi connectivity index (χ3v) is 7.86. The SMILES string of the molecule is C=C[Si](OCC)(OCC)OCC.CCOC(C=C[SiH2]CCc1ccccc1)OCC. The van der Waals surface area contributed by atoms with Gasteiger partial charge in [0.05, 0.1) is 0 Å². The van der Waals surface area contributed by atoms with Crippen LogP contribution in [0.15, 0.2) is 54.4 Å². The largest absolute Gasteiger partial charge is 0.528 e. The summed E-state index contributed by atoms with van der Waals surface area (Å²) in [6.07, 6.45) is 3.11. The van der Waals surface area contributed by atoms with E-state index in [0.29, 0.717) is 33.0 Å². The van der Waals surface area contributed by atoms with Crippen molar-refractivity contribution < 1.29 is 22.8 Å². The van der Waals surface area contributed by atoms with Crippen LogP contribution in [-0.2, 0) is 29.2 Å². The standard InChI is InChI=1S/C15H24O2Si.C8H18O3Si/c1-3-16-15(17-4-2)11-13-18-12-10-14-8-6-5-7-9-14;1-5-9-12(8-4,10-6-2)11-7-3/h5-9,11,13,15H,3-4,10,12,18H2,1-2H3;8H,4-7H2,1-3H3. The van der Waals surface area contributed by atoms with Crippen molar-refractivity contribution in [2.45, 2.75) is 53.4 Å². The fourth-order valence-electron chi connectivity index (χ4n) is 2.67. The zero-order chi connectivity index (χ0) is 22.5. The monoisotopic (exact) mass is 454 g/mol. The van der Waals surface area contributed by atoms with Gasteiger partial charge in [-0.25, -0.2) is 0 Å². The van der Waals surface area contributed by atoms with Gasteiger partial charge in [0.1, 0.15) is 0 Å². The van der Waals surface area contributed by atoms with Gasteiger partial charge in [0.2, 0.25) is 0 Å². The van der Waals surface area contributed by atoms with Crippen molar-refractivity contribution in [3.8, 4) is 0 Å². The molecule has 0 aliphatic carbocycles. The number of aryl methyl sites for hydroxylation is 1. The minimum absolute atomic E-state index is 0.149. The summed E-state index contributed by atoms with van der Waals surface area (Å²) in [7, 11) is -2.66. The van der Waals surface area contributed by atoms with Crippen molar-refractivity contribution in [2.24, 2.45) is 0 Å². The van der Waals surface area contributed by atoms with Crippen molar-refractivity contribution in [1.82, 2.24) is 0 Å². The fraction of sp³-hybridized carbons (Fsp3) is 0.565. The third kappa shape index (κ3) is 14.0. The summed E-state index contributed by atoms with van der Waals surface area (Å²) in [6, 6.07) is 12.0. The molecule has 1 aromatic rings. The second-order valence-corrected chi connectivity index (χ2v) is 10.4. The lowest BCUT2D eigenvalue weighted by molar-refractivity contribution is -0.103. The second kappa shape index (κ2) is 19.9. The van der Waals surface area contributed by atoms with Crippen LogP contribution in [0.5, 0.6) is 0 Å². The topological polar surface area (TPSA) is 46.2 Å².